The molecule has 0 aliphatic carbocycles. The predicted molar refractivity (Wildman–Crippen MR) is 219 cm³/mol. The SMILES string of the molecule is C=CCCC(CCC)C(C(C)=N)=C(C)CC.C=O.CC.CC1CCC(=O)NC1.CCC(C)CCCC(NC(=O)c1ccnn1CC)c1cnc(C)[nH]1. The number of amides is 2. The highest BCUT2D eigenvalue weighted by Gasteiger charge is 2.20. The molecule has 0 saturated carbocycles. The van der Waals surface area contributed by atoms with Crippen LogP contribution in [0.3, 0.4) is 0 Å². The lowest BCUT2D eigenvalue weighted by Gasteiger charge is -2.21. The molecule has 2 aromatic heterocycles. The van der Waals surface area contributed by atoms with Gasteiger partial charge in [0.25, 0.3) is 5.91 Å². The molecule has 4 N–H and O–H groups in total. The van der Waals surface area contributed by atoms with E-state index in [2.05, 4.69) is 73.8 Å². The first-order valence-electron chi connectivity index (χ1n) is 19.7. The highest BCUT2D eigenvalue weighted by molar-refractivity contribution is 5.96. The first-order valence-corrected chi connectivity index (χ1v) is 19.7. The Morgan fingerprint density at radius 2 is 1.81 bits per heavy atom. The standard InChI is InChI=1S/C18H29N5O.C15H27N.C6H11NO.C2H6.CH2O/c1-5-13(3)8-7-9-15(16-12-19-14(4)21-16)22-18(24)17-10-11-20-23(17)6-2;1-6-9-11-14(10-7-2)15(13(5)16)12(4)8-3;1-5-2-3-6(8)7-4-5;2*1-2/h10-13,15H,5-9H2,1-4H3,(H,19,21)(H,22,24);6,14,16H,1,7-11H2,2-5H3;5H,2-4H2,1H3,(H,7,8);1-2H3;1H2. The van der Waals surface area contributed by atoms with Crippen LogP contribution in [0.15, 0.2) is 42.3 Å². The largest absolute Gasteiger partial charge is 0.356 e. The zero-order chi connectivity index (χ0) is 40.1. The van der Waals surface area contributed by atoms with E-state index in [1.54, 1.807) is 16.9 Å². The number of nitrogens with one attached hydrogen (secondary N) is 4. The van der Waals surface area contributed by atoms with E-state index in [0.29, 0.717) is 30.0 Å². The number of nitrogens with zero attached hydrogens (tertiary/aromatic N) is 3. The van der Waals surface area contributed by atoms with Gasteiger partial charge in [0, 0.05) is 31.4 Å². The van der Waals surface area contributed by atoms with Gasteiger partial charge >= 0.3 is 0 Å². The molecule has 3 heterocycles. The summed E-state index contributed by atoms with van der Waals surface area (Å²) < 4.78 is 1.71. The number of rotatable bonds is 17. The van der Waals surface area contributed by atoms with Crippen LogP contribution in [0.5, 0.6) is 0 Å². The van der Waals surface area contributed by atoms with Crippen LogP contribution in [0.4, 0.5) is 0 Å². The van der Waals surface area contributed by atoms with Gasteiger partial charge < -0.3 is 25.8 Å². The lowest BCUT2D eigenvalue weighted by atomic mass is 9.84. The Morgan fingerprint density at radius 3 is 2.27 bits per heavy atom. The lowest BCUT2D eigenvalue weighted by molar-refractivity contribution is -0.122. The molecule has 1 aliphatic rings. The minimum atomic E-state index is -0.0878. The van der Waals surface area contributed by atoms with Crippen molar-refractivity contribution >= 4 is 24.3 Å². The maximum Gasteiger partial charge on any atom is 0.270 e. The number of hydrogen-bond acceptors (Lipinski definition) is 6. The summed E-state index contributed by atoms with van der Waals surface area (Å²) in [6, 6.07) is 1.70. The van der Waals surface area contributed by atoms with Crippen molar-refractivity contribution in [3.63, 3.8) is 0 Å². The minimum Gasteiger partial charge on any atom is -0.356 e. The third-order valence-electron chi connectivity index (χ3n) is 9.21. The molecule has 0 spiro atoms. The molecule has 0 bridgehead atoms. The number of piperidine rings is 1. The molecule has 4 unspecified atom stereocenters. The number of aromatic amines is 1. The van der Waals surface area contributed by atoms with Crippen LogP contribution < -0.4 is 10.6 Å². The molecule has 3 rings (SSSR count). The van der Waals surface area contributed by atoms with Crippen molar-refractivity contribution in [3.8, 4) is 0 Å². The second-order valence-electron chi connectivity index (χ2n) is 13.4. The van der Waals surface area contributed by atoms with Crippen LogP contribution in [0.25, 0.3) is 0 Å². The molecular weight excluding hydrogens is 651 g/mol. The van der Waals surface area contributed by atoms with E-state index in [9.17, 15) is 9.59 Å². The normalized spacial score (nSPS) is 15.4. The Labute approximate surface area is 317 Å². The monoisotopic (exact) mass is 726 g/mol. The molecule has 2 aromatic rings. The van der Waals surface area contributed by atoms with Crippen LogP contribution in [0, 0.1) is 30.1 Å². The van der Waals surface area contributed by atoms with Crippen LogP contribution in [-0.4, -0.2) is 50.6 Å². The van der Waals surface area contributed by atoms with Gasteiger partial charge in [-0.3, -0.25) is 14.3 Å². The molecule has 1 aliphatic heterocycles. The highest BCUT2D eigenvalue weighted by atomic mass is 16.2. The van der Waals surface area contributed by atoms with Crippen molar-refractivity contribution in [1.82, 2.24) is 30.4 Å². The second-order valence-corrected chi connectivity index (χ2v) is 13.4. The minimum absolute atomic E-state index is 0.0528. The van der Waals surface area contributed by atoms with Crippen LogP contribution in [0.2, 0.25) is 0 Å². The number of aromatic nitrogens is 4. The number of H-pyrrole nitrogens is 1. The fraction of sp³-hybridized carbons (Fsp3) is 0.667. The number of hydrogen-bond donors (Lipinski definition) is 4. The van der Waals surface area contributed by atoms with E-state index in [-0.39, 0.29) is 17.9 Å². The van der Waals surface area contributed by atoms with E-state index in [0.717, 1.165) is 68.7 Å². The summed E-state index contributed by atoms with van der Waals surface area (Å²) in [5, 5.41) is 18.1. The zero-order valence-corrected chi connectivity index (χ0v) is 34.8. The third kappa shape index (κ3) is 20.3. The van der Waals surface area contributed by atoms with Gasteiger partial charge in [0.05, 0.1) is 17.9 Å². The van der Waals surface area contributed by atoms with E-state index in [1.165, 1.54) is 36.8 Å². The Kier molecular flexibility index (Phi) is 29.8. The molecule has 1 fully saturated rings. The average molecular weight is 726 g/mol. The summed E-state index contributed by atoms with van der Waals surface area (Å²) in [7, 11) is 0. The van der Waals surface area contributed by atoms with Gasteiger partial charge in [-0.15, -0.1) is 6.58 Å². The van der Waals surface area contributed by atoms with Crippen molar-refractivity contribution in [2.75, 3.05) is 6.54 Å². The van der Waals surface area contributed by atoms with Gasteiger partial charge in [0.1, 0.15) is 18.3 Å². The van der Waals surface area contributed by atoms with Crippen molar-refractivity contribution in [2.24, 2.45) is 17.8 Å². The molecule has 0 aromatic carbocycles. The Morgan fingerprint density at radius 1 is 1.13 bits per heavy atom. The summed E-state index contributed by atoms with van der Waals surface area (Å²) in [6.45, 7) is 30.4. The molecule has 0 radical (unpaired) electrons. The summed E-state index contributed by atoms with van der Waals surface area (Å²) in [6.07, 6.45) is 17.2. The summed E-state index contributed by atoms with van der Waals surface area (Å²) in [5.41, 5.74) is 5.00. The first kappa shape index (κ1) is 50.3. The van der Waals surface area contributed by atoms with Crippen molar-refractivity contribution in [2.45, 2.75) is 159 Å². The average Bonchev–Trinajstić information content (AvgIpc) is 3.82. The fourth-order valence-corrected chi connectivity index (χ4v) is 5.93. The van der Waals surface area contributed by atoms with Crippen molar-refractivity contribution in [1.29, 1.82) is 5.41 Å². The van der Waals surface area contributed by atoms with Crippen molar-refractivity contribution < 1.29 is 14.4 Å². The molecule has 52 heavy (non-hydrogen) atoms. The van der Waals surface area contributed by atoms with Crippen molar-refractivity contribution in [3.05, 3.63) is 59.5 Å². The quantitative estimate of drug-likeness (QED) is 0.0947. The molecule has 10 nitrogen and oxygen atoms in total. The second kappa shape index (κ2) is 30.8. The van der Waals surface area contributed by atoms with Gasteiger partial charge in [-0.25, -0.2) is 4.98 Å². The molecule has 2 amide bonds. The van der Waals surface area contributed by atoms with Gasteiger partial charge in [-0.1, -0.05) is 85.8 Å². The number of carbonyl (C=O) groups excluding carboxylic acids is 3. The lowest BCUT2D eigenvalue weighted by Crippen LogP contribution is -2.33. The zero-order valence-electron chi connectivity index (χ0n) is 34.8. The number of carbonyl (C=O) groups is 3. The number of imidazole rings is 1. The first-order chi connectivity index (χ1) is 24.9. The molecule has 4 atom stereocenters. The molecular formula is C42H75N7O3. The summed E-state index contributed by atoms with van der Waals surface area (Å²) in [4.78, 5) is 38.7. The number of aryl methyl sites for hydroxylation is 2. The maximum atomic E-state index is 12.6. The van der Waals surface area contributed by atoms with Crippen LogP contribution >= 0.6 is 0 Å². The molecule has 10 heteroatoms. The van der Waals surface area contributed by atoms with E-state index < -0.39 is 0 Å². The predicted octanol–water partition coefficient (Wildman–Crippen LogP) is 10.1. The Hall–Kier alpha value is -3.82. The topological polar surface area (TPSA) is 146 Å². The van der Waals surface area contributed by atoms with Crippen LogP contribution in [-0.2, 0) is 16.1 Å². The van der Waals surface area contributed by atoms with Gasteiger partial charge in [-0.05, 0) is 95.6 Å². The summed E-state index contributed by atoms with van der Waals surface area (Å²) >= 11 is 0. The Bertz CT molecular complexity index is 1290. The summed E-state index contributed by atoms with van der Waals surface area (Å²) in [5.74, 6) is 2.95. The van der Waals surface area contributed by atoms with Gasteiger partial charge in [0.2, 0.25) is 5.91 Å². The van der Waals surface area contributed by atoms with E-state index in [1.807, 2.05) is 53.7 Å². The van der Waals surface area contributed by atoms with E-state index >= 15 is 0 Å². The van der Waals surface area contributed by atoms with E-state index in [4.69, 9.17) is 10.2 Å². The Balaban J connectivity index is 0. The van der Waals surface area contributed by atoms with Gasteiger partial charge in [-0.2, -0.15) is 5.10 Å². The van der Waals surface area contributed by atoms with Gasteiger partial charge in [0.15, 0.2) is 0 Å². The number of allylic oxidation sites excluding steroid dienone is 3. The fourth-order valence-electron chi connectivity index (χ4n) is 5.93. The highest BCUT2D eigenvalue weighted by Crippen LogP contribution is 2.27. The third-order valence-corrected chi connectivity index (χ3v) is 9.21. The molecule has 296 valence electrons. The maximum absolute atomic E-state index is 12.6. The molecule has 1 saturated heterocycles. The smallest absolute Gasteiger partial charge is 0.270 e. The van der Waals surface area contributed by atoms with Crippen LogP contribution in [0.1, 0.15) is 168 Å².